The van der Waals surface area contributed by atoms with Gasteiger partial charge in [0, 0.05) is 31.0 Å². The number of nitrogens with zero attached hydrogens (tertiary/aromatic N) is 1. The van der Waals surface area contributed by atoms with Gasteiger partial charge in [0.2, 0.25) is 0 Å². The van der Waals surface area contributed by atoms with Crippen molar-refractivity contribution in [2.24, 2.45) is 0 Å². The molecule has 5 nitrogen and oxygen atoms in total. The van der Waals surface area contributed by atoms with E-state index in [0.29, 0.717) is 36.2 Å². The number of benzene rings is 1. The van der Waals surface area contributed by atoms with E-state index < -0.39 is 0 Å². The van der Waals surface area contributed by atoms with Gasteiger partial charge in [-0.15, -0.1) is 12.4 Å². The van der Waals surface area contributed by atoms with Crippen molar-refractivity contribution >= 4 is 24.0 Å². The normalized spacial score (nSPS) is 10.0. The number of halogens is 2. The maximum absolute atomic E-state index is 8.78. The molecule has 1 heterocycles. The zero-order valence-electron chi connectivity index (χ0n) is 12.8. The third-order valence-corrected chi connectivity index (χ3v) is 3.29. The van der Waals surface area contributed by atoms with Crippen LogP contribution in [0.1, 0.15) is 11.1 Å². The first kappa shape index (κ1) is 19.5. The molecule has 0 fully saturated rings. The van der Waals surface area contributed by atoms with E-state index in [9.17, 15) is 0 Å². The SMILES string of the molecule is COc1cc(CNCCO)cc(Cl)c1OCc1cccnc1.Cl. The van der Waals surface area contributed by atoms with Crippen molar-refractivity contribution in [3.05, 3.63) is 52.8 Å². The number of aromatic nitrogens is 1. The van der Waals surface area contributed by atoms with Crippen molar-refractivity contribution < 1.29 is 14.6 Å². The van der Waals surface area contributed by atoms with Crippen LogP contribution in [0.25, 0.3) is 0 Å². The highest BCUT2D eigenvalue weighted by atomic mass is 35.5. The molecule has 7 heteroatoms. The molecule has 0 bridgehead atoms. The molecule has 1 aromatic heterocycles. The van der Waals surface area contributed by atoms with E-state index in [0.717, 1.165) is 11.1 Å². The van der Waals surface area contributed by atoms with Gasteiger partial charge in [-0.25, -0.2) is 0 Å². The number of hydrogen-bond acceptors (Lipinski definition) is 5. The largest absolute Gasteiger partial charge is 0.493 e. The van der Waals surface area contributed by atoms with Gasteiger partial charge in [0.15, 0.2) is 11.5 Å². The molecule has 0 aliphatic carbocycles. The minimum atomic E-state index is 0. The van der Waals surface area contributed by atoms with E-state index in [1.165, 1.54) is 0 Å². The van der Waals surface area contributed by atoms with Crippen LogP contribution in [0.5, 0.6) is 11.5 Å². The maximum Gasteiger partial charge on any atom is 0.180 e. The van der Waals surface area contributed by atoms with Gasteiger partial charge in [-0.3, -0.25) is 4.98 Å². The molecule has 0 unspecified atom stereocenters. The second-order valence-electron chi connectivity index (χ2n) is 4.66. The average Bonchev–Trinajstić information content (AvgIpc) is 2.54. The lowest BCUT2D eigenvalue weighted by Gasteiger charge is -2.14. The maximum atomic E-state index is 8.78. The second kappa shape index (κ2) is 10.3. The summed E-state index contributed by atoms with van der Waals surface area (Å²) in [4.78, 5) is 4.04. The molecule has 0 radical (unpaired) electrons. The Labute approximate surface area is 147 Å². The highest BCUT2D eigenvalue weighted by molar-refractivity contribution is 6.32. The molecule has 23 heavy (non-hydrogen) atoms. The van der Waals surface area contributed by atoms with Crippen molar-refractivity contribution in [1.29, 1.82) is 0 Å². The van der Waals surface area contributed by atoms with E-state index in [1.807, 2.05) is 24.3 Å². The second-order valence-corrected chi connectivity index (χ2v) is 5.07. The number of nitrogens with one attached hydrogen (secondary N) is 1. The summed E-state index contributed by atoms with van der Waals surface area (Å²) >= 11 is 6.29. The monoisotopic (exact) mass is 358 g/mol. The molecule has 0 aliphatic rings. The fourth-order valence-corrected chi connectivity index (χ4v) is 2.25. The van der Waals surface area contributed by atoms with Crippen LogP contribution in [0.3, 0.4) is 0 Å². The molecule has 2 rings (SSSR count). The van der Waals surface area contributed by atoms with Crippen molar-refractivity contribution in [2.75, 3.05) is 20.3 Å². The first-order valence-corrected chi connectivity index (χ1v) is 7.32. The van der Waals surface area contributed by atoms with E-state index in [4.69, 9.17) is 26.2 Å². The zero-order chi connectivity index (χ0) is 15.8. The summed E-state index contributed by atoms with van der Waals surface area (Å²) in [6.07, 6.45) is 3.46. The fourth-order valence-electron chi connectivity index (χ4n) is 1.97. The summed E-state index contributed by atoms with van der Waals surface area (Å²) in [6, 6.07) is 7.48. The topological polar surface area (TPSA) is 63.6 Å². The van der Waals surface area contributed by atoms with Gasteiger partial charge in [-0.2, -0.15) is 0 Å². The zero-order valence-corrected chi connectivity index (χ0v) is 14.4. The van der Waals surface area contributed by atoms with E-state index in [-0.39, 0.29) is 19.0 Å². The van der Waals surface area contributed by atoms with Gasteiger partial charge >= 0.3 is 0 Å². The van der Waals surface area contributed by atoms with Crippen LogP contribution in [0.2, 0.25) is 5.02 Å². The Morgan fingerprint density at radius 2 is 2.13 bits per heavy atom. The van der Waals surface area contributed by atoms with Crippen LogP contribution in [0.4, 0.5) is 0 Å². The highest BCUT2D eigenvalue weighted by Crippen LogP contribution is 2.36. The summed E-state index contributed by atoms with van der Waals surface area (Å²) in [6.45, 7) is 1.59. The molecule has 0 spiro atoms. The minimum absolute atomic E-state index is 0. The first-order chi connectivity index (χ1) is 10.7. The van der Waals surface area contributed by atoms with Gasteiger partial charge in [0.25, 0.3) is 0 Å². The van der Waals surface area contributed by atoms with Crippen LogP contribution in [-0.2, 0) is 13.2 Å². The predicted molar refractivity (Wildman–Crippen MR) is 92.6 cm³/mol. The van der Waals surface area contributed by atoms with Gasteiger partial charge < -0.3 is 19.9 Å². The van der Waals surface area contributed by atoms with E-state index in [1.54, 1.807) is 19.5 Å². The molecule has 126 valence electrons. The standard InChI is InChI=1S/C16H19ClN2O3.ClH/c1-21-15-8-13(10-19-5-6-20)7-14(17)16(15)22-11-12-3-2-4-18-9-12;/h2-4,7-9,19-20H,5-6,10-11H2,1H3;1H. The number of ether oxygens (including phenoxy) is 2. The molecule has 0 aliphatic heterocycles. The summed E-state index contributed by atoms with van der Waals surface area (Å²) in [5, 5.41) is 12.4. The Morgan fingerprint density at radius 3 is 2.78 bits per heavy atom. The molecular weight excluding hydrogens is 339 g/mol. The molecule has 0 saturated carbocycles. The average molecular weight is 359 g/mol. The van der Waals surface area contributed by atoms with E-state index >= 15 is 0 Å². The quantitative estimate of drug-likeness (QED) is 0.710. The first-order valence-electron chi connectivity index (χ1n) is 6.94. The Balaban J connectivity index is 0.00000264. The summed E-state index contributed by atoms with van der Waals surface area (Å²) in [5.41, 5.74) is 1.92. The third kappa shape index (κ3) is 5.88. The molecule has 0 amide bonds. The highest BCUT2D eigenvalue weighted by Gasteiger charge is 2.12. The number of rotatable bonds is 8. The number of hydrogen-bond donors (Lipinski definition) is 2. The molecule has 0 saturated heterocycles. The Hall–Kier alpha value is -1.53. The summed E-state index contributed by atoms with van der Waals surface area (Å²) in [5.74, 6) is 1.09. The van der Waals surface area contributed by atoms with Gasteiger partial charge in [0.1, 0.15) is 6.61 Å². The van der Waals surface area contributed by atoms with Crippen molar-refractivity contribution in [3.63, 3.8) is 0 Å². The molecular formula is C16H20Cl2N2O3. The van der Waals surface area contributed by atoms with Crippen LogP contribution in [0.15, 0.2) is 36.7 Å². The number of pyridine rings is 1. The van der Waals surface area contributed by atoms with Crippen LogP contribution in [0, 0.1) is 0 Å². The lowest BCUT2D eigenvalue weighted by atomic mass is 10.2. The summed E-state index contributed by atoms with van der Waals surface area (Å²) in [7, 11) is 1.58. The van der Waals surface area contributed by atoms with Crippen molar-refractivity contribution in [1.82, 2.24) is 10.3 Å². The Morgan fingerprint density at radius 1 is 1.30 bits per heavy atom. The lowest BCUT2D eigenvalue weighted by molar-refractivity contribution is 0.283. The molecule has 2 N–H and O–H groups in total. The number of aliphatic hydroxyl groups excluding tert-OH is 1. The predicted octanol–water partition coefficient (Wildman–Crippen LogP) is 2.83. The number of methoxy groups -OCH3 is 1. The summed E-state index contributed by atoms with van der Waals surface area (Å²) < 4.78 is 11.1. The van der Waals surface area contributed by atoms with Crippen LogP contribution < -0.4 is 14.8 Å². The fraction of sp³-hybridized carbons (Fsp3) is 0.312. The third-order valence-electron chi connectivity index (χ3n) is 3.01. The Bertz CT molecular complexity index is 597. The van der Waals surface area contributed by atoms with Gasteiger partial charge in [0.05, 0.1) is 18.7 Å². The van der Waals surface area contributed by atoms with Crippen LogP contribution >= 0.6 is 24.0 Å². The lowest BCUT2D eigenvalue weighted by Crippen LogP contribution is -2.17. The van der Waals surface area contributed by atoms with E-state index in [2.05, 4.69) is 10.3 Å². The molecule has 0 atom stereocenters. The smallest absolute Gasteiger partial charge is 0.180 e. The number of aliphatic hydroxyl groups is 1. The minimum Gasteiger partial charge on any atom is -0.493 e. The molecule has 1 aromatic carbocycles. The Kier molecular flexibility index (Phi) is 8.73. The van der Waals surface area contributed by atoms with Crippen LogP contribution in [-0.4, -0.2) is 30.4 Å². The molecule has 2 aromatic rings. The van der Waals surface area contributed by atoms with Gasteiger partial charge in [-0.1, -0.05) is 17.7 Å². The van der Waals surface area contributed by atoms with Crippen molar-refractivity contribution in [2.45, 2.75) is 13.2 Å². The van der Waals surface area contributed by atoms with Crippen molar-refractivity contribution in [3.8, 4) is 11.5 Å². The van der Waals surface area contributed by atoms with Gasteiger partial charge in [-0.05, 0) is 23.8 Å².